The van der Waals surface area contributed by atoms with E-state index in [2.05, 4.69) is 14.5 Å². The van der Waals surface area contributed by atoms with Gasteiger partial charge in [0, 0.05) is 26.2 Å². The van der Waals surface area contributed by atoms with Crippen LogP contribution in [0.2, 0.25) is 0 Å². The Labute approximate surface area is 127 Å². The van der Waals surface area contributed by atoms with Crippen molar-refractivity contribution in [3.8, 4) is 0 Å². The van der Waals surface area contributed by atoms with E-state index >= 15 is 0 Å². The Balaban J connectivity index is 4.78. The number of esters is 1. The van der Waals surface area contributed by atoms with Crippen molar-refractivity contribution in [2.75, 3.05) is 0 Å². The average Bonchev–Trinajstić information content (AvgIpc) is 2.41. The van der Waals surface area contributed by atoms with Crippen molar-refractivity contribution in [2.45, 2.75) is 58.3 Å². The maximum Gasteiger partial charge on any atom is 0.426 e. The third-order valence-electron chi connectivity index (χ3n) is 2.47. The first-order chi connectivity index (χ1) is 10.1. The highest BCUT2D eigenvalue weighted by Gasteiger charge is 2.43. The molecule has 9 heteroatoms. The maximum atomic E-state index is 11.7. The first kappa shape index (κ1) is 20.0. The Morgan fingerprint density at radius 1 is 1.14 bits per heavy atom. The molecule has 2 atom stereocenters. The molecule has 0 radical (unpaired) electrons. The molecule has 0 aliphatic rings. The summed E-state index contributed by atoms with van der Waals surface area (Å²) in [5.41, 5.74) is 0. The van der Waals surface area contributed by atoms with Crippen molar-refractivity contribution in [2.24, 2.45) is 0 Å². The average molecular weight is 320 g/mol. The number of carbonyl (C=O) groups excluding carboxylic acids is 4. The van der Waals surface area contributed by atoms with Crippen LogP contribution >= 0.6 is 0 Å². The summed E-state index contributed by atoms with van der Waals surface area (Å²) in [5, 5.41) is 19.0. The van der Waals surface area contributed by atoms with Crippen LogP contribution in [0.25, 0.3) is 0 Å². The summed E-state index contributed by atoms with van der Waals surface area (Å²) in [5.74, 6) is -6.88. The second-order valence-corrected chi connectivity index (χ2v) is 4.60. The molecule has 0 rings (SSSR count). The fourth-order valence-electron chi connectivity index (χ4n) is 1.33. The fourth-order valence-corrected chi connectivity index (χ4v) is 1.33. The summed E-state index contributed by atoms with van der Waals surface area (Å²) >= 11 is 0. The summed E-state index contributed by atoms with van der Waals surface area (Å²) in [7, 11) is 0. The molecule has 0 aromatic carbocycles. The first-order valence-electron chi connectivity index (χ1n) is 6.67. The van der Waals surface area contributed by atoms with Gasteiger partial charge in [-0.05, 0) is 13.3 Å². The molecule has 0 aliphatic carbocycles. The molecular formula is C13H20O9. The van der Waals surface area contributed by atoms with E-state index in [1.165, 1.54) is 6.92 Å². The Morgan fingerprint density at radius 3 is 2.18 bits per heavy atom. The van der Waals surface area contributed by atoms with E-state index in [0.29, 0.717) is 6.42 Å². The standard InChI is InChI=1S/C13H20O9/c1-4-5-11(17)21-22-12(18)13(19,20-9(3)15)7-6-10(16)8(2)14/h8,14,19H,4-7H2,1-3H3. The number of carbonyl (C=O) groups is 4. The predicted molar refractivity (Wildman–Crippen MR) is 69.7 cm³/mol. The number of Topliss-reactive ketones (excluding diaryl/α,β-unsaturated/α-hetero) is 1. The summed E-state index contributed by atoms with van der Waals surface area (Å²) < 4.78 is 4.44. The zero-order chi connectivity index (χ0) is 17.3. The normalized spacial score (nSPS) is 14.4. The van der Waals surface area contributed by atoms with E-state index in [1.54, 1.807) is 6.92 Å². The molecule has 0 aromatic rings. The molecule has 0 aromatic heterocycles. The fraction of sp³-hybridized carbons (Fsp3) is 0.692. The molecule has 0 spiro atoms. The first-order valence-corrected chi connectivity index (χ1v) is 6.67. The highest BCUT2D eigenvalue weighted by Crippen LogP contribution is 2.19. The van der Waals surface area contributed by atoms with Crippen LogP contribution in [0.5, 0.6) is 0 Å². The van der Waals surface area contributed by atoms with Crippen LogP contribution in [0.15, 0.2) is 0 Å². The largest absolute Gasteiger partial charge is 0.426 e. The van der Waals surface area contributed by atoms with Crippen LogP contribution in [0.3, 0.4) is 0 Å². The van der Waals surface area contributed by atoms with Crippen molar-refractivity contribution in [3.63, 3.8) is 0 Å². The third-order valence-corrected chi connectivity index (χ3v) is 2.47. The lowest BCUT2D eigenvalue weighted by atomic mass is 10.1. The minimum Gasteiger partial charge on any atom is -0.421 e. The van der Waals surface area contributed by atoms with Gasteiger partial charge in [0.2, 0.25) is 0 Å². The molecule has 126 valence electrons. The van der Waals surface area contributed by atoms with E-state index in [1.807, 2.05) is 0 Å². The number of rotatable bonds is 8. The third kappa shape index (κ3) is 7.14. The van der Waals surface area contributed by atoms with Crippen molar-refractivity contribution in [1.82, 2.24) is 0 Å². The van der Waals surface area contributed by atoms with Crippen molar-refractivity contribution in [1.29, 1.82) is 0 Å². The molecule has 2 N–H and O–H groups in total. The van der Waals surface area contributed by atoms with Crippen LogP contribution < -0.4 is 0 Å². The van der Waals surface area contributed by atoms with Crippen molar-refractivity contribution in [3.05, 3.63) is 0 Å². The monoisotopic (exact) mass is 320 g/mol. The van der Waals surface area contributed by atoms with Crippen molar-refractivity contribution < 1.29 is 43.9 Å². The minimum atomic E-state index is -2.79. The minimum absolute atomic E-state index is 0.0141. The van der Waals surface area contributed by atoms with Gasteiger partial charge in [-0.25, -0.2) is 19.4 Å². The highest BCUT2D eigenvalue weighted by molar-refractivity contribution is 5.85. The van der Waals surface area contributed by atoms with E-state index in [-0.39, 0.29) is 6.42 Å². The lowest BCUT2D eigenvalue weighted by Crippen LogP contribution is -2.45. The molecule has 0 bridgehead atoms. The maximum absolute atomic E-state index is 11.7. The second kappa shape index (κ2) is 9.11. The van der Waals surface area contributed by atoms with Gasteiger partial charge in [0.05, 0.1) is 0 Å². The topological polar surface area (TPSA) is 136 Å². The molecular weight excluding hydrogens is 300 g/mol. The van der Waals surface area contributed by atoms with Gasteiger partial charge < -0.3 is 14.9 Å². The van der Waals surface area contributed by atoms with Gasteiger partial charge in [-0.15, -0.1) is 0 Å². The number of hydrogen-bond acceptors (Lipinski definition) is 9. The van der Waals surface area contributed by atoms with Crippen LogP contribution in [0, 0.1) is 0 Å². The Kier molecular flexibility index (Phi) is 8.28. The van der Waals surface area contributed by atoms with Crippen LogP contribution in [-0.2, 0) is 33.7 Å². The number of ketones is 1. The number of hydrogen-bond donors (Lipinski definition) is 2. The molecule has 2 unspecified atom stereocenters. The molecule has 0 amide bonds. The summed E-state index contributed by atoms with van der Waals surface area (Å²) in [6.45, 7) is 3.83. The molecule has 0 fully saturated rings. The van der Waals surface area contributed by atoms with Crippen molar-refractivity contribution >= 4 is 23.7 Å². The predicted octanol–water partition coefficient (Wildman–Crippen LogP) is -0.230. The number of aliphatic hydroxyl groups excluding tert-OH is 1. The zero-order valence-electron chi connectivity index (χ0n) is 12.7. The molecule has 0 heterocycles. The second-order valence-electron chi connectivity index (χ2n) is 4.60. The number of ether oxygens (including phenoxy) is 1. The number of aliphatic hydroxyl groups is 2. The van der Waals surface area contributed by atoms with Crippen LogP contribution in [0.1, 0.15) is 46.5 Å². The molecule has 9 nitrogen and oxygen atoms in total. The molecule has 0 saturated heterocycles. The van der Waals surface area contributed by atoms with E-state index < -0.39 is 48.4 Å². The van der Waals surface area contributed by atoms with Crippen LogP contribution in [-0.4, -0.2) is 45.8 Å². The van der Waals surface area contributed by atoms with Gasteiger partial charge in [0.1, 0.15) is 6.10 Å². The van der Waals surface area contributed by atoms with Gasteiger partial charge in [-0.1, -0.05) is 6.92 Å². The Morgan fingerprint density at radius 2 is 1.73 bits per heavy atom. The SMILES string of the molecule is CCCC(=O)OOC(=O)C(O)(CCC(=O)C(C)O)OC(C)=O. The van der Waals surface area contributed by atoms with Crippen LogP contribution in [0.4, 0.5) is 0 Å². The van der Waals surface area contributed by atoms with Gasteiger partial charge in [-0.3, -0.25) is 9.59 Å². The molecule has 0 saturated carbocycles. The lowest BCUT2D eigenvalue weighted by Gasteiger charge is -2.23. The quantitative estimate of drug-likeness (QED) is 0.269. The van der Waals surface area contributed by atoms with Gasteiger partial charge in [0.25, 0.3) is 0 Å². The zero-order valence-corrected chi connectivity index (χ0v) is 12.7. The van der Waals surface area contributed by atoms with Gasteiger partial charge >= 0.3 is 23.7 Å². The van der Waals surface area contributed by atoms with E-state index in [4.69, 9.17) is 5.11 Å². The van der Waals surface area contributed by atoms with E-state index in [9.17, 15) is 24.3 Å². The summed E-state index contributed by atoms with van der Waals surface area (Å²) in [6.07, 6.45) is -1.98. The Hall–Kier alpha value is -2.00. The summed E-state index contributed by atoms with van der Waals surface area (Å²) in [4.78, 5) is 53.3. The van der Waals surface area contributed by atoms with Gasteiger partial charge in [-0.2, -0.15) is 0 Å². The molecule has 22 heavy (non-hydrogen) atoms. The molecule has 0 aliphatic heterocycles. The van der Waals surface area contributed by atoms with E-state index in [0.717, 1.165) is 6.92 Å². The summed E-state index contributed by atoms with van der Waals surface area (Å²) in [6, 6.07) is 0. The Bertz CT molecular complexity index is 429. The lowest BCUT2D eigenvalue weighted by molar-refractivity contribution is -0.292. The highest BCUT2D eigenvalue weighted by atomic mass is 17.2. The smallest absolute Gasteiger partial charge is 0.421 e. The van der Waals surface area contributed by atoms with Gasteiger partial charge in [0.15, 0.2) is 5.78 Å².